The first-order valence-corrected chi connectivity index (χ1v) is 7.32. The van der Waals surface area contributed by atoms with E-state index in [0.29, 0.717) is 12.8 Å². The number of hydrogen-bond acceptors (Lipinski definition) is 5. The number of ether oxygens (including phenoxy) is 2. The highest BCUT2D eigenvalue weighted by Crippen LogP contribution is 2.26. The number of esters is 1. The second kappa shape index (κ2) is 7.62. The van der Waals surface area contributed by atoms with E-state index in [-0.39, 0.29) is 13.2 Å². The molecule has 23 heavy (non-hydrogen) atoms. The van der Waals surface area contributed by atoms with Crippen molar-refractivity contribution in [2.45, 2.75) is 25.5 Å². The zero-order chi connectivity index (χ0) is 16.8. The van der Waals surface area contributed by atoms with E-state index in [1.807, 2.05) is 18.2 Å². The third-order valence-electron chi connectivity index (χ3n) is 3.83. The molecule has 0 bridgehead atoms. The van der Waals surface area contributed by atoms with Crippen molar-refractivity contribution in [2.24, 2.45) is 5.92 Å². The predicted octanol–water partition coefficient (Wildman–Crippen LogP) is 1.66. The Morgan fingerprint density at radius 3 is 2.57 bits per heavy atom. The van der Waals surface area contributed by atoms with Crippen LogP contribution in [0.25, 0.3) is 0 Å². The van der Waals surface area contributed by atoms with Crippen LogP contribution in [-0.2, 0) is 25.7 Å². The van der Waals surface area contributed by atoms with Crippen LogP contribution in [0.1, 0.15) is 18.4 Å². The van der Waals surface area contributed by atoms with Gasteiger partial charge in [-0.2, -0.15) is 0 Å². The van der Waals surface area contributed by atoms with E-state index in [1.165, 1.54) is 7.11 Å². The van der Waals surface area contributed by atoms with Gasteiger partial charge in [0.1, 0.15) is 12.6 Å². The molecule has 7 nitrogen and oxygen atoms in total. The third kappa shape index (κ3) is 4.00. The van der Waals surface area contributed by atoms with Gasteiger partial charge in [0.05, 0.1) is 13.0 Å². The number of piperidine rings is 1. The Hall–Kier alpha value is -2.57. The van der Waals surface area contributed by atoms with Crippen LogP contribution in [0.5, 0.6) is 0 Å². The molecule has 0 aromatic heterocycles. The summed E-state index contributed by atoms with van der Waals surface area (Å²) in [4.78, 5) is 36.6. The van der Waals surface area contributed by atoms with Crippen LogP contribution < -0.4 is 0 Å². The SMILES string of the molecule is COC(=O)[C@@H]1CCCN(C(=O)OCc2ccccc2)[C@@H]1C(=O)O. The van der Waals surface area contributed by atoms with Crippen LogP contribution in [0.2, 0.25) is 0 Å². The number of nitrogens with zero attached hydrogens (tertiary/aromatic N) is 1. The maximum absolute atomic E-state index is 12.2. The van der Waals surface area contributed by atoms with Gasteiger partial charge in [0.2, 0.25) is 0 Å². The molecule has 0 saturated carbocycles. The average molecular weight is 321 g/mol. The molecule has 7 heteroatoms. The van der Waals surface area contributed by atoms with Crippen LogP contribution in [0.4, 0.5) is 4.79 Å². The zero-order valence-electron chi connectivity index (χ0n) is 12.8. The van der Waals surface area contributed by atoms with Gasteiger partial charge in [0.15, 0.2) is 0 Å². The van der Waals surface area contributed by atoms with E-state index in [9.17, 15) is 19.5 Å². The second-order valence-electron chi connectivity index (χ2n) is 5.29. The number of carbonyl (C=O) groups excluding carboxylic acids is 2. The molecule has 0 spiro atoms. The molecule has 124 valence electrons. The summed E-state index contributed by atoms with van der Waals surface area (Å²) < 4.78 is 9.83. The summed E-state index contributed by atoms with van der Waals surface area (Å²) in [5, 5.41) is 9.40. The Labute approximate surface area is 133 Å². The molecule has 2 atom stereocenters. The summed E-state index contributed by atoms with van der Waals surface area (Å²) in [6, 6.07) is 7.82. The number of aliphatic carboxylic acids is 1. The Morgan fingerprint density at radius 2 is 1.96 bits per heavy atom. The molecule has 1 fully saturated rings. The number of hydrogen-bond donors (Lipinski definition) is 1. The summed E-state index contributed by atoms with van der Waals surface area (Å²) in [6.45, 7) is 0.281. The van der Waals surface area contributed by atoms with Crippen molar-refractivity contribution in [1.82, 2.24) is 4.90 Å². The van der Waals surface area contributed by atoms with E-state index in [4.69, 9.17) is 4.74 Å². The lowest BCUT2D eigenvalue weighted by Gasteiger charge is -2.36. The molecule has 1 aromatic carbocycles. The minimum absolute atomic E-state index is 0.0470. The summed E-state index contributed by atoms with van der Waals surface area (Å²) >= 11 is 0. The molecule has 2 rings (SSSR count). The fourth-order valence-corrected chi connectivity index (χ4v) is 2.71. The van der Waals surface area contributed by atoms with Crippen molar-refractivity contribution in [2.75, 3.05) is 13.7 Å². The van der Waals surface area contributed by atoms with E-state index in [0.717, 1.165) is 10.5 Å². The molecule has 1 aromatic rings. The lowest BCUT2D eigenvalue weighted by molar-refractivity contribution is -0.159. The van der Waals surface area contributed by atoms with Crippen LogP contribution >= 0.6 is 0 Å². The Morgan fingerprint density at radius 1 is 1.26 bits per heavy atom. The summed E-state index contributed by atoms with van der Waals surface area (Å²) in [5.41, 5.74) is 0.800. The zero-order valence-corrected chi connectivity index (χ0v) is 12.8. The summed E-state index contributed by atoms with van der Waals surface area (Å²) in [6.07, 6.45) is 0.144. The van der Waals surface area contributed by atoms with Crippen LogP contribution in [0.3, 0.4) is 0 Å². The largest absolute Gasteiger partial charge is 0.480 e. The fourth-order valence-electron chi connectivity index (χ4n) is 2.71. The summed E-state index contributed by atoms with van der Waals surface area (Å²) in [5.74, 6) is -2.75. The van der Waals surface area contributed by atoms with Gasteiger partial charge in [-0.1, -0.05) is 30.3 Å². The van der Waals surface area contributed by atoms with Crippen LogP contribution in [0, 0.1) is 5.92 Å². The fraction of sp³-hybridized carbons (Fsp3) is 0.438. The molecular formula is C16H19NO6. The second-order valence-corrected chi connectivity index (χ2v) is 5.29. The molecular weight excluding hydrogens is 302 g/mol. The molecule has 1 amide bonds. The van der Waals surface area contributed by atoms with E-state index in [2.05, 4.69) is 4.74 Å². The normalized spacial score (nSPS) is 20.7. The predicted molar refractivity (Wildman–Crippen MR) is 79.5 cm³/mol. The van der Waals surface area contributed by atoms with Gasteiger partial charge >= 0.3 is 18.0 Å². The van der Waals surface area contributed by atoms with Crippen molar-refractivity contribution in [3.05, 3.63) is 35.9 Å². The number of likely N-dealkylation sites (tertiary alicyclic amines) is 1. The molecule has 1 heterocycles. The van der Waals surface area contributed by atoms with Crippen molar-refractivity contribution in [3.8, 4) is 0 Å². The maximum atomic E-state index is 12.2. The number of methoxy groups -OCH3 is 1. The first-order valence-electron chi connectivity index (χ1n) is 7.32. The van der Waals surface area contributed by atoms with Gasteiger partial charge in [0, 0.05) is 6.54 Å². The number of carboxylic acids is 1. The number of benzene rings is 1. The summed E-state index contributed by atoms with van der Waals surface area (Å²) in [7, 11) is 1.20. The highest BCUT2D eigenvalue weighted by atomic mass is 16.6. The number of carbonyl (C=O) groups is 3. The Bertz CT molecular complexity index is 573. The maximum Gasteiger partial charge on any atom is 0.410 e. The quantitative estimate of drug-likeness (QED) is 0.848. The smallest absolute Gasteiger partial charge is 0.410 e. The number of rotatable bonds is 4. The van der Waals surface area contributed by atoms with Gasteiger partial charge in [-0.25, -0.2) is 9.59 Å². The highest BCUT2D eigenvalue weighted by molar-refractivity contribution is 5.87. The number of amides is 1. The average Bonchev–Trinajstić information content (AvgIpc) is 2.59. The van der Waals surface area contributed by atoms with Crippen molar-refractivity contribution in [3.63, 3.8) is 0 Å². The molecule has 0 unspecified atom stereocenters. The van der Waals surface area contributed by atoms with Crippen molar-refractivity contribution in [1.29, 1.82) is 0 Å². The van der Waals surface area contributed by atoms with Gasteiger partial charge < -0.3 is 14.6 Å². The minimum atomic E-state index is -1.26. The number of carboxylic acid groups (broad SMARTS) is 1. The minimum Gasteiger partial charge on any atom is -0.480 e. The van der Waals surface area contributed by atoms with E-state index >= 15 is 0 Å². The lowest BCUT2D eigenvalue weighted by Crippen LogP contribution is -2.55. The van der Waals surface area contributed by atoms with E-state index in [1.54, 1.807) is 12.1 Å². The van der Waals surface area contributed by atoms with Gasteiger partial charge in [-0.05, 0) is 18.4 Å². The van der Waals surface area contributed by atoms with Crippen molar-refractivity contribution < 1.29 is 29.0 Å². The van der Waals surface area contributed by atoms with Gasteiger partial charge in [0.25, 0.3) is 0 Å². The molecule has 1 saturated heterocycles. The lowest BCUT2D eigenvalue weighted by atomic mass is 9.89. The third-order valence-corrected chi connectivity index (χ3v) is 3.83. The molecule has 1 aliphatic heterocycles. The topological polar surface area (TPSA) is 93.1 Å². The first-order chi connectivity index (χ1) is 11.0. The Kier molecular flexibility index (Phi) is 5.56. The standard InChI is InChI=1S/C16H19NO6/c1-22-15(20)12-8-5-9-17(13(12)14(18)19)16(21)23-10-11-6-3-2-4-7-11/h2-4,6-7,12-13H,5,8-10H2,1H3,(H,18,19)/t12-,13+/m1/s1. The molecule has 1 aliphatic rings. The monoisotopic (exact) mass is 321 g/mol. The van der Waals surface area contributed by atoms with Crippen LogP contribution in [0.15, 0.2) is 30.3 Å². The van der Waals surface area contributed by atoms with Crippen LogP contribution in [-0.4, -0.2) is 47.7 Å². The molecule has 0 radical (unpaired) electrons. The Balaban J connectivity index is 2.07. The first kappa shape index (κ1) is 16.8. The molecule has 0 aliphatic carbocycles. The van der Waals surface area contributed by atoms with Gasteiger partial charge in [-0.15, -0.1) is 0 Å². The molecule has 1 N–H and O–H groups in total. The van der Waals surface area contributed by atoms with E-state index < -0.39 is 30.0 Å². The van der Waals surface area contributed by atoms with Crippen molar-refractivity contribution >= 4 is 18.0 Å². The highest BCUT2D eigenvalue weighted by Gasteiger charge is 2.44. The van der Waals surface area contributed by atoms with Gasteiger partial charge in [-0.3, -0.25) is 9.69 Å².